The molecule has 0 aliphatic heterocycles. The number of halogens is 3. The van der Waals surface area contributed by atoms with Crippen LogP contribution in [0.2, 0.25) is 0 Å². The zero-order valence-electron chi connectivity index (χ0n) is 10.4. The molecule has 2 nitrogen and oxygen atoms in total. The van der Waals surface area contributed by atoms with Crippen molar-refractivity contribution in [1.82, 2.24) is 0 Å². The van der Waals surface area contributed by atoms with Gasteiger partial charge in [0, 0.05) is 16.3 Å². The van der Waals surface area contributed by atoms with E-state index >= 15 is 0 Å². The normalized spacial score (nSPS) is 11.3. The molecule has 0 fully saturated rings. The lowest BCUT2D eigenvalue weighted by Crippen LogP contribution is -2.16. The van der Waals surface area contributed by atoms with Gasteiger partial charge in [-0.2, -0.15) is 0 Å². The largest absolute Gasteiger partial charge is 0.573 e. The summed E-state index contributed by atoms with van der Waals surface area (Å²) in [5, 5.41) is 0. The van der Waals surface area contributed by atoms with Gasteiger partial charge >= 0.3 is 6.36 Å². The number of anilines is 1. The van der Waals surface area contributed by atoms with E-state index in [1.165, 1.54) is 23.9 Å². The van der Waals surface area contributed by atoms with Gasteiger partial charge < -0.3 is 10.5 Å². The highest BCUT2D eigenvalue weighted by Gasteiger charge is 2.30. The van der Waals surface area contributed by atoms with Gasteiger partial charge in [0.2, 0.25) is 0 Å². The Morgan fingerprint density at radius 2 is 1.55 bits per heavy atom. The predicted molar refractivity (Wildman–Crippen MR) is 73.5 cm³/mol. The number of thioether (sulfide) groups is 1. The molecule has 0 radical (unpaired) electrons. The van der Waals surface area contributed by atoms with E-state index in [4.69, 9.17) is 5.73 Å². The topological polar surface area (TPSA) is 35.2 Å². The van der Waals surface area contributed by atoms with Gasteiger partial charge in [-0.05, 0) is 42.0 Å². The molecule has 2 rings (SSSR count). The van der Waals surface area contributed by atoms with Gasteiger partial charge in [-0.3, -0.25) is 0 Å². The Hall–Kier alpha value is -1.82. The second-order valence-corrected chi connectivity index (χ2v) is 5.10. The number of ether oxygens (including phenoxy) is 1. The Morgan fingerprint density at radius 1 is 0.950 bits per heavy atom. The van der Waals surface area contributed by atoms with Crippen molar-refractivity contribution in [2.45, 2.75) is 17.0 Å². The molecule has 2 N–H and O–H groups in total. The predicted octanol–water partition coefficient (Wildman–Crippen LogP) is 4.46. The van der Waals surface area contributed by atoms with Crippen molar-refractivity contribution in [3.63, 3.8) is 0 Å². The summed E-state index contributed by atoms with van der Waals surface area (Å²) < 4.78 is 39.8. The van der Waals surface area contributed by atoms with Crippen LogP contribution in [0.15, 0.2) is 53.4 Å². The van der Waals surface area contributed by atoms with Crippen molar-refractivity contribution < 1.29 is 17.9 Å². The number of rotatable bonds is 4. The van der Waals surface area contributed by atoms with Crippen molar-refractivity contribution in [3.8, 4) is 5.75 Å². The fourth-order valence-corrected chi connectivity index (χ4v) is 2.37. The molecule has 0 saturated carbocycles. The van der Waals surface area contributed by atoms with Crippen molar-refractivity contribution in [2.75, 3.05) is 5.73 Å². The molecular formula is C14H12F3NOS. The number of benzene rings is 2. The molecule has 0 atom stereocenters. The molecule has 0 unspecified atom stereocenters. The van der Waals surface area contributed by atoms with Crippen LogP contribution in [-0.2, 0) is 5.75 Å². The van der Waals surface area contributed by atoms with E-state index in [1.807, 2.05) is 24.3 Å². The summed E-state index contributed by atoms with van der Waals surface area (Å²) in [6.07, 6.45) is -4.65. The van der Waals surface area contributed by atoms with E-state index in [-0.39, 0.29) is 5.75 Å². The highest BCUT2D eigenvalue weighted by atomic mass is 32.2. The van der Waals surface area contributed by atoms with E-state index in [1.54, 1.807) is 12.1 Å². The second-order valence-electron chi connectivity index (χ2n) is 4.05. The Balaban J connectivity index is 1.92. The van der Waals surface area contributed by atoms with Crippen LogP contribution in [0.1, 0.15) is 5.56 Å². The third kappa shape index (κ3) is 4.70. The first-order valence-corrected chi connectivity index (χ1v) is 6.74. The van der Waals surface area contributed by atoms with E-state index in [2.05, 4.69) is 4.74 Å². The molecule has 0 amide bonds. The maximum atomic E-state index is 12.0. The average Bonchev–Trinajstić information content (AvgIpc) is 2.38. The minimum Gasteiger partial charge on any atom is -0.406 e. The van der Waals surface area contributed by atoms with Gasteiger partial charge in [0.25, 0.3) is 0 Å². The van der Waals surface area contributed by atoms with Crippen LogP contribution >= 0.6 is 11.8 Å². The number of nitrogens with two attached hydrogens (primary N) is 1. The summed E-state index contributed by atoms with van der Waals surface area (Å²) in [6, 6.07) is 13.3. The van der Waals surface area contributed by atoms with Crippen LogP contribution < -0.4 is 10.5 Å². The Kier molecular flexibility index (Phi) is 4.44. The van der Waals surface area contributed by atoms with Crippen molar-refractivity contribution in [1.29, 1.82) is 0 Å². The first-order valence-electron chi connectivity index (χ1n) is 5.75. The van der Waals surface area contributed by atoms with Gasteiger partial charge in [0.05, 0.1) is 0 Å². The number of hydrogen-bond donors (Lipinski definition) is 1. The lowest BCUT2D eigenvalue weighted by molar-refractivity contribution is -0.274. The molecule has 6 heteroatoms. The van der Waals surface area contributed by atoms with Gasteiger partial charge in [-0.1, -0.05) is 12.1 Å². The SMILES string of the molecule is Nc1ccc(CSc2ccc(OC(F)(F)F)cc2)cc1. The minimum absolute atomic E-state index is 0.214. The lowest BCUT2D eigenvalue weighted by atomic mass is 10.2. The molecular weight excluding hydrogens is 287 g/mol. The third-order valence-electron chi connectivity index (χ3n) is 2.44. The van der Waals surface area contributed by atoms with Crippen LogP contribution in [0.4, 0.5) is 18.9 Å². The summed E-state index contributed by atoms with van der Waals surface area (Å²) in [4.78, 5) is 0.872. The molecule has 0 aliphatic rings. The number of nitrogen functional groups attached to an aromatic ring is 1. The summed E-state index contributed by atoms with van der Waals surface area (Å²) in [5.74, 6) is 0.508. The summed E-state index contributed by atoms with van der Waals surface area (Å²) in [6.45, 7) is 0. The molecule has 2 aromatic carbocycles. The molecule has 0 heterocycles. The molecule has 0 saturated heterocycles. The monoisotopic (exact) mass is 299 g/mol. The molecule has 20 heavy (non-hydrogen) atoms. The summed E-state index contributed by atoms with van der Waals surface area (Å²) in [5.41, 5.74) is 7.39. The Morgan fingerprint density at radius 3 is 2.10 bits per heavy atom. The smallest absolute Gasteiger partial charge is 0.406 e. The zero-order valence-corrected chi connectivity index (χ0v) is 11.2. The van der Waals surface area contributed by atoms with Crippen LogP contribution in [0.3, 0.4) is 0 Å². The molecule has 0 spiro atoms. The minimum atomic E-state index is -4.65. The standard InChI is InChI=1S/C14H12F3NOS/c15-14(16,17)19-12-5-7-13(8-6-12)20-9-10-1-3-11(18)4-2-10/h1-8H,9,18H2. The van der Waals surface area contributed by atoms with Crippen LogP contribution in [-0.4, -0.2) is 6.36 Å². The van der Waals surface area contributed by atoms with Crippen LogP contribution in [0, 0.1) is 0 Å². The molecule has 0 bridgehead atoms. The number of hydrogen-bond acceptors (Lipinski definition) is 3. The van der Waals surface area contributed by atoms with E-state index in [0.717, 1.165) is 16.2 Å². The summed E-state index contributed by atoms with van der Waals surface area (Å²) in [7, 11) is 0. The highest BCUT2D eigenvalue weighted by Crippen LogP contribution is 2.27. The van der Waals surface area contributed by atoms with Gasteiger partial charge in [-0.25, -0.2) is 0 Å². The molecule has 0 aliphatic carbocycles. The van der Waals surface area contributed by atoms with E-state index in [9.17, 15) is 13.2 Å². The quantitative estimate of drug-likeness (QED) is 0.668. The Bertz CT molecular complexity index is 552. The first-order chi connectivity index (χ1) is 9.42. The lowest BCUT2D eigenvalue weighted by Gasteiger charge is -2.09. The fraction of sp³-hybridized carbons (Fsp3) is 0.143. The maximum Gasteiger partial charge on any atom is 0.573 e. The van der Waals surface area contributed by atoms with Crippen LogP contribution in [0.25, 0.3) is 0 Å². The maximum absolute atomic E-state index is 12.0. The first kappa shape index (κ1) is 14.6. The fourth-order valence-electron chi connectivity index (χ4n) is 1.52. The van der Waals surface area contributed by atoms with Gasteiger partial charge in [0.15, 0.2) is 0 Å². The van der Waals surface area contributed by atoms with E-state index in [0.29, 0.717) is 5.69 Å². The van der Waals surface area contributed by atoms with Crippen LogP contribution in [0.5, 0.6) is 5.75 Å². The summed E-state index contributed by atoms with van der Waals surface area (Å²) >= 11 is 1.53. The van der Waals surface area contributed by atoms with Crippen molar-refractivity contribution >= 4 is 17.4 Å². The number of alkyl halides is 3. The molecule has 2 aromatic rings. The zero-order chi connectivity index (χ0) is 14.6. The van der Waals surface area contributed by atoms with Crippen molar-refractivity contribution in [3.05, 3.63) is 54.1 Å². The van der Waals surface area contributed by atoms with E-state index < -0.39 is 6.36 Å². The van der Waals surface area contributed by atoms with Gasteiger partial charge in [-0.15, -0.1) is 24.9 Å². The molecule has 0 aromatic heterocycles. The Labute approximate surface area is 118 Å². The molecule has 106 valence electrons. The second kappa shape index (κ2) is 6.09. The van der Waals surface area contributed by atoms with Gasteiger partial charge in [0.1, 0.15) is 5.75 Å². The highest BCUT2D eigenvalue weighted by molar-refractivity contribution is 7.98. The van der Waals surface area contributed by atoms with Crippen molar-refractivity contribution in [2.24, 2.45) is 0 Å². The third-order valence-corrected chi connectivity index (χ3v) is 3.53. The average molecular weight is 299 g/mol.